The molecular formula is C11H14O3S. The third-order valence-corrected chi connectivity index (χ3v) is 2.12. The van der Waals surface area contributed by atoms with Crippen molar-refractivity contribution in [2.75, 3.05) is 19.2 Å². The van der Waals surface area contributed by atoms with Crippen LogP contribution in [-0.4, -0.2) is 24.9 Å². The van der Waals surface area contributed by atoms with Gasteiger partial charge in [-0.2, -0.15) is 12.6 Å². The molecule has 15 heavy (non-hydrogen) atoms. The van der Waals surface area contributed by atoms with Crippen molar-refractivity contribution in [3.8, 4) is 5.75 Å². The van der Waals surface area contributed by atoms with Crippen LogP contribution in [0, 0.1) is 0 Å². The topological polar surface area (TPSA) is 35.5 Å². The molecule has 0 amide bonds. The Morgan fingerprint density at radius 2 is 2.00 bits per heavy atom. The molecular weight excluding hydrogens is 212 g/mol. The van der Waals surface area contributed by atoms with E-state index in [1.807, 2.05) is 6.92 Å². The molecule has 0 heterocycles. The second kappa shape index (κ2) is 6.48. The quantitative estimate of drug-likeness (QED) is 0.349. The second-order valence-electron chi connectivity index (χ2n) is 2.86. The molecule has 0 aliphatic rings. The second-order valence-corrected chi connectivity index (χ2v) is 3.18. The normalized spacial score (nSPS) is 10.0. The summed E-state index contributed by atoms with van der Waals surface area (Å²) < 4.78 is 10.3. The average molecular weight is 226 g/mol. The molecule has 3 nitrogen and oxygen atoms in total. The third kappa shape index (κ3) is 3.93. The lowest BCUT2D eigenvalue weighted by Gasteiger charge is -2.05. The molecule has 0 atom stereocenters. The van der Waals surface area contributed by atoms with E-state index in [0.29, 0.717) is 17.9 Å². The molecule has 0 bridgehead atoms. The van der Waals surface area contributed by atoms with E-state index in [1.165, 1.54) is 0 Å². The number of benzene rings is 1. The van der Waals surface area contributed by atoms with Gasteiger partial charge < -0.3 is 9.47 Å². The zero-order valence-corrected chi connectivity index (χ0v) is 9.50. The molecule has 0 fully saturated rings. The highest BCUT2D eigenvalue weighted by molar-refractivity contribution is 7.81. The van der Waals surface area contributed by atoms with Gasteiger partial charge in [0.15, 0.2) is 12.6 Å². The standard InChI is InChI=1S/C11H14O3S/c1-2-13-8-14-10-5-3-9(4-6-10)11(12)7-15/h3-6,15H,2,7-8H2,1H3. The van der Waals surface area contributed by atoms with Crippen molar-refractivity contribution in [2.24, 2.45) is 0 Å². The van der Waals surface area contributed by atoms with Crippen LogP contribution in [0.2, 0.25) is 0 Å². The number of Topliss-reactive ketones (excluding diaryl/α,β-unsaturated/α-hetero) is 1. The number of ketones is 1. The van der Waals surface area contributed by atoms with Crippen molar-refractivity contribution in [1.82, 2.24) is 0 Å². The molecule has 1 rings (SSSR count). The van der Waals surface area contributed by atoms with Crippen LogP contribution < -0.4 is 4.74 Å². The van der Waals surface area contributed by atoms with Gasteiger partial charge in [-0.25, -0.2) is 0 Å². The number of hydrogen-bond acceptors (Lipinski definition) is 4. The summed E-state index contributed by atoms with van der Waals surface area (Å²) in [5.41, 5.74) is 0.647. The van der Waals surface area contributed by atoms with Gasteiger partial charge in [-0.05, 0) is 31.2 Å². The van der Waals surface area contributed by atoms with E-state index in [-0.39, 0.29) is 18.3 Å². The lowest BCUT2D eigenvalue weighted by molar-refractivity contribution is 0.0224. The summed E-state index contributed by atoms with van der Waals surface area (Å²) in [6.45, 7) is 2.75. The van der Waals surface area contributed by atoms with Crippen LogP contribution in [0.15, 0.2) is 24.3 Å². The third-order valence-electron chi connectivity index (χ3n) is 1.83. The van der Waals surface area contributed by atoms with Gasteiger partial charge in [0.1, 0.15) is 5.75 Å². The van der Waals surface area contributed by atoms with Crippen molar-refractivity contribution in [3.05, 3.63) is 29.8 Å². The summed E-state index contributed by atoms with van der Waals surface area (Å²) in [7, 11) is 0. The minimum atomic E-state index is 0.00897. The fourth-order valence-electron chi connectivity index (χ4n) is 1.02. The summed E-state index contributed by atoms with van der Waals surface area (Å²) in [4.78, 5) is 11.2. The Morgan fingerprint density at radius 1 is 1.33 bits per heavy atom. The molecule has 0 saturated carbocycles. The minimum absolute atomic E-state index is 0.00897. The smallest absolute Gasteiger partial charge is 0.189 e. The van der Waals surface area contributed by atoms with Crippen LogP contribution in [0.5, 0.6) is 5.75 Å². The summed E-state index contributed by atoms with van der Waals surface area (Å²) in [6.07, 6.45) is 0. The first kappa shape index (κ1) is 12.1. The number of rotatable bonds is 6. The average Bonchev–Trinajstić information content (AvgIpc) is 2.29. The highest BCUT2D eigenvalue weighted by Crippen LogP contribution is 2.12. The van der Waals surface area contributed by atoms with Crippen LogP contribution in [0.25, 0.3) is 0 Å². The summed E-state index contributed by atoms with van der Waals surface area (Å²) in [5.74, 6) is 0.924. The van der Waals surface area contributed by atoms with E-state index in [4.69, 9.17) is 9.47 Å². The van der Waals surface area contributed by atoms with E-state index in [1.54, 1.807) is 24.3 Å². The Kier molecular flexibility index (Phi) is 5.21. The fraction of sp³-hybridized carbons (Fsp3) is 0.364. The van der Waals surface area contributed by atoms with Crippen LogP contribution in [0.3, 0.4) is 0 Å². The van der Waals surface area contributed by atoms with E-state index in [2.05, 4.69) is 12.6 Å². The largest absolute Gasteiger partial charge is 0.468 e. The van der Waals surface area contributed by atoms with E-state index in [9.17, 15) is 4.79 Å². The Labute approximate surface area is 94.8 Å². The number of hydrogen-bond donors (Lipinski definition) is 1. The van der Waals surface area contributed by atoms with Gasteiger partial charge in [0.2, 0.25) is 0 Å². The van der Waals surface area contributed by atoms with Crippen LogP contribution in [0.4, 0.5) is 0 Å². The SMILES string of the molecule is CCOCOc1ccc(C(=O)CS)cc1. The zero-order valence-electron chi connectivity index (χ0n) is 8.60. The van der Waals surface area contributed by atoms with Gasteiger partial charge >= 0.3 is 0 Å². The Balaban J connectivity index is 2.52. The number of carbonyl (C=O) groups is 1. The number of carbonyl (C=O) groups excluding carboxylic acids is 1. The molecule has 0 unspecified atom stereocenters. The first-order valence-electron chi connectivity index (χ1n) is 4.72. The lowest BCUT2D eigenvalue weighted by atomic mass is 10.1. The maximum Gasteiger partial charge on any atom is 0.189 e. The van der Waals surface area contributed by atoms with E-state index < -0.39 is 0 Å². The van der Waals surface area contributed by atoms with E-state index >= 15 is 0 Å². The number of thiol groups is 1. The Hall–Kier alpha value is -1.00. The van der Waals surface area contributed by atoms with Gasteiger partial charge in [0.25, 0.3) is 0 Å². The zero-order chi connectivity index (χ0) is 11.1. The van der Waals surface area contributed by atoms with Gasteiger partial charge in [-0.3, -0.25) is 4.79 Å². The van der Waals surface area contributed by atoms with Crippen LogP contribution >= 0.6 is 12.6 Å². The lowest BCUT2D eigenvalue weighted by Crippen LogP contribution is -2.03. The predicted molar refractivity (Wildman–Crippen MR) is 61.7 cm³/mol. The molecule has 1 aromatic rings. The van der Waals surface area contributed by atoms with Crippen molar-refractivity contribution in [2.45, 2.75) is 6.92 Å². The molecule has 0 radical (unpaired) electrons. The van der Waals surface area contributed by atoms with Crippen molar-refractivity contribution in [1.29, 1.82) is 0 Å². The first-order valence-corrected chi connectivity index (χ1v) is 5.35. The fourth-order valence-corrected chi connectivity index (χ4v) is 1.20. The highest BCUT2D eigenvalue weighted by Gasteiger charge is 2.02. The monoisotopic (exact) mass is 226 g/mol. The molecule has 82 valence electrons. The summed E-state index contributed by atoms with van der Waals surface area (Å²) in [6, 6.07) is 6.94. The van der Waals surface area contributed by atoms with Gasteiger partial charge in [0, 0.05) is 12.2 Å². The number of ether oxygens (including phenoxy) is 2. The van der Waals surface area contributed by atoms with Gasteiger partial charge in [0.05, 0.1) is 5.75 Å². The van der Waals surface area contributed by atoms with Crippen molar-refractivity contribution >= 4 is 18.4 Å². The summed E-state index contributed by atoms with van der Waals surface area (Å²) >= 11 is 3.92. The molecule has 1 aromatic carbocycles. The predicted octanol–water partition coefficient (Wildman–Crippen LogP) is 2.17. The Morgan fingerprint density at radius 3 is 2.53 bits per heavy atom. The minimum Gasteiger partial charge on any atom is -0.468 e. The maximum atomic E-state index is 11.2. The molecule has 0 aliphatic carbocycles. The molecule has 0 aromatic heterocycles. The molecule has 0 saturated heterocycles. The van der Waals surface area contributed by atoms with Crippen LogP contribution in [-0.2, 0) is 4.74 Å². The maximum absolute atomic E-state index is 11.2. The molecule has 0 aliphatic heterocycles. The first-order chi connectivity index (χ1) is 7.27. The van der Waals surface area contributed by atoms with Gasteiger partial charge in [-0.15, -0.1) is 0 Å². The summed E-state index contributed by atoms with van der Waals surface area (Å²) in [5, 5.41) is 0. The van der Waals surface area contributed by atoms with E-state index in [0.717, 1.165) is 0 Å². The molecule has 0 spiro atoms. The highest BCUT2D eigenvalue weighted by atomic mass is 32.1. The van der Waals surface area contributed by atoms with Crippen molar-refractivity contribution in [3.63, 3.8) is 0 Å². The molecule has 0 N–H and O–H groups in total. The Bertz CT molecular complexity index is 308. The van der Waals surface area contributed by atoms with Gasteiger partial charge in [-0.1, -0.05) is 0 Å². The molecule has 4 heteroatoms. The van der Waals surface area contributed by atoms with Crippen LogP contribution in [0.1, 0.15) is 17.3 Å². The van der Waals surface area contributed by atoms with Crippen molar-refractivity contribution < 1.29 is 14.3 Å².